The van der Waals surface area contributed by atoms with Gasteiger partial charge in [0, 0.05) is 18.0 Å². The largest absolute Gasteiger partial charge is 0.384 e. The maximum Gasteiger partial charge on any atom is 0.149 e. The van der Waals surface area contributed by atoms with Gasteiger partial charge in [0.1, 0.15) is 11.5 Å². The van der Waals surface area contributed by atoms with Crippen LogP contribution in [0, 0.1) is 0 Å². The van der Waals surface area contributed by atoms with Crippen LogP contribution >= 0.6 is 15.9 Å². The van der Waals surface area contributed by atoms with E-state index in [-0.39, 0.29) is 0 Å². The molecule has 0 amide bonds. The summed E-state index contributed by atoms with van der Waals surface area (Å²) in [4.78, 5) is 8.41. The standard InChI is InChI=1S/C14H14BrN5/c15-12-8-19-13(16)14(17,20-12)7-9-3-4-11-10(6-9)2-1-5-18-11/h1-6,8,20H,7,17H2,(H2,16,19). The van der Waals surface area contributed by atoms with E-state index in [0.717, 1.165) is 21.1 Å². The Morgan fingerprint density at radius 3 is 3.00 bits per heavy atom. The van der Waals surface area contributed by atoms with Crippen molar-refractivity contribution < 1.29 is 0 Å². The molecule has 0 spiro atoms. The monoisotopic (exact) mass is 331 g/mol. The number of halogens is 1. The minimum absolute atomic E-state index is 0.368. The minimum Gasteiger partial charge on any atom is -0.384 e. The van der Waals surface area contributed by atoms with Crippen LogP contribution in [0.5, 0.6) is 0 Å². The van der Waals surface area contributed by atoms with Crippen LogP contribution in [0.15, 0.2) is 52.3 Å². The van der Waals surface area contributed by atoms with E-state index in [4.69, 9.17) is 11.5 Å². The zero-order chi connectivity index (χ0) is 14.2. The fourth-order valence-corrected chi connectivity index (χ4v) is 2.70. The van der Waals surface area contributed by atoms with Gasteiger partial charge in [0.15, 0.2) is 0 Å². The van der Waals surface area contributed by atoms with Crippen molar-refractivity contribution in [1.29, 1.82) is 0 Å². The number of nitrogens with two attached hydrogens (primary N) is 2. The third-order valence-electron chi connectivity index (χ3n) is 3.27. The lowest BCUT2D eigenvalue weighted by Crippen LogP contribution is -2.64. The third-order valence-corrected chi connectivity index (χ3v) is 3.67. The molecule has 102 valence electrons. The Morgan fingerprint density at radius 1 is 1.30 bits per heavy atom. The lowest BCUT2D eigenvalue weighted by Gasteiger charge is -2.33. The van der Waals surface area contributed by atoms with Crippen molar-refractivity contribution in [2.75, 3.05) is 0 Å². The van der Waals surface area contributed by atoms with Crippen molar-refractivity contribution in [1.82, 2.24) is 10.3 Å². The second kappa shape index (κ2) is 4.88. The number of hydrogen-bond acceptors (Lipinski definition) is 5. The first-order valence-corrected chi connectivity index (χ1v) is 6.96. The molecule has 1 aromatic heterocycles. The topological polar surface area (TPSA) is 89.3 Å². The van der Waals surface area contributed by atoms with Crippen molar-refractivity contribution in [2.45, 2.75) is 12.1 Å². The van der Waals surface area contributed by atoms with E-state index in [1.807, 2.05) is 24.3 Å². The zero-order valence-electron chi connectivity index (χ0n) is 10.7. The average molecular weight is 332 g/mol. The molecule has 1 unspecified atom stereocenters. The van der Waals surface area contributed by atoms with Gasteiger partial charge in [-0.05, 0) is 39.7 Å². The highest BCUT2D eigenvalue weighted by molar-refractivity contribution is 9.11. The Morgan fingerprint density at radius 2 is 2.15 bits per heavy atom. The summed E-state index contributed by atoms with van der Waals surface area (Å²) < 4.78 is 0.719. The van der Waals surface area contributed by atoms with Gasteiger partial charge in [0.05, 0.1) is 16.3 Å². The summed E-state index contributed by atoms with van der Waals surface area (Å²) in [5.74, 6) is 0.368. The molecule has 5 N–H and O–H groups in total. The molecular weight excluding hydrogens is 318 g/mol. The maximum atomic E-state index is 6.32. The van der Waals surface area contributed by atoms with E-state index in [1.54, 1.807) is 12.4 Å². The van der Waals surface area contributed by atoms with E-state index in [0.29, 0.717) is 12.3 Å². The number of aromatic nitrogens is 1. The molecule has 20 heavy (non-hydrogen) atoms. The van der Waals surface area contributed by atoms with Gasteiger partial charge in [-0.2, -0.15) is 0 Å². The SMILES string of the molecule is NC1=NC=C(Br)NC1(N)Cc1ccc2ncccc2c1. The Balaban J connectivity index is 1.93. The second-order valence-electron chi connectivity index (χ2n) is 4.79. The number of nitrogens with zero attached hydrogens (tertiary/aromatic N) is 2. The zero-order valence-corrected chi connectivity index (χ0v) is 12.3. The number of fused-ring (bicyclic) bond motifs is 1. The molecule has 1 aliphatic heterocycles. The number of amidine groups is 1. The maximum absolute atomic E-state index is 6.32. The second-order valence-corrected chi connectivity index (χ2v) is 5.65. The lowest BCUT2D eigenvalue weighted by molar-refractivity contribution is 0.491. The highest BCUT2D eigenvalue weighted by Gasteiger charge is 2.32. The van der Waals surface area contributed by atoms with Crippen LogP contribution in [0.25, 0.3) is 10.9 Å². The fraction of sp³-hybridized carbons (Fsp3) is 0.143. The average Bonchev–Trinajstić information content (AvgIpc) is 2.43. The molecule has 0 saturated carbocycles. The summed E-state index contributed by atoms with van der Waals surface area (Å²) in [5, 5.41) is 4.20. The Bertz CT molecular complexity index is 724. The van der Waals surface area contributed by atoms with Crippen LogP contribution in [0.1, 0.15) is 5.56 Å². The first-order valence-electron chi connectivity index (χ1n) is 6.17. The van der Waals surface area contributed by atoms with Crippen molar-refractivity contribution in [3.05, 3.63) is 52.9 Å². The molecule has 5 nitrogen and oxygen atoms in total. The summed E-state index contributed by atoms with van der Waals surface area (Å²) in [5.41, 5.74) is 13.4. The highest BCUT2D eigenvalue weighted by atomic mass is 79.9. The molecule has 0 saturated heterocycles. The molecule has 3 rings (SSSR count). The van der Waals surface area contributed by atoms with Gasteiger partial charge >= 0.3 is 0 Å². The molecule has 0 fully saturated rings. The van der Waals surface area contributed by atoms with Crippen LogP contribution in [0.3, 0.4) is 0 Å². The van der Waals surface area contributed by atoms with Crippen LogP contribution in [0.2, 0.25) is 0 Å². The van der Waals surface area contributed by atoms with Crippen molar-refractivity contribution in [3.63, 3.8) is 0 Å². The van der Waals surface area contributed by atoms with Gasteiger partial charge in [-0.15, -0.1) is 0 Å². The summed E-state index contributed by atoms with van der Waals surface area (Å²) in [6.07, 6.45) is 3.92. The molecular formula is C14H14BrN5. The number of pyridine rings is 1. The fourth-order valence-electron chi connectivity index (χ4n) is 2.24. The van der Waals surface area contributed by atoms with E-state index in [2.05, 4.69) is 37.3 Å². The molecule has 0 bridgehead atoms. The Hall–Kier alpha value is -1.92. The Kier molecular flexibility index (Phi) is 3.19. The molecule has 6 heteroatoms. The quantitative estimate of drug-likeness (QED) is 0.729. The van der Waals surface area contributed by atoms with E-state index in [1.165, 1.54) is 0 Å². The first kappa shape index (κ1) is 13.1. The molecule has 0 radical (unpaired) electrons. The van der Waals surface area contributed by atoms with Crippen molar-refractivity contribution >= 4 is 32.7 Å². The molecule has 1 aromatic carbocycles. The van der Waals surface area contributed by atoms with Gasteiger partial charge in [0.25, 0.3) is 0 Å². The molecule has 2 heterocycles. The van der Waals surface area contributed by atoms with Gasteiger partial charge < -0.3 is 16.8 Å². The van der Waals surface area contributed by atoms with Crippen LogP contribution in [-0.4, -0.2) is 16.5 Å². The normalized spacial score (nSPS) is 22.1. The predicted octanol–water partition coefficient (Wildman–Crippen LogP) is 1.59. The molecule has 1 atom stereocenters. The molecule has 0 aliphatic carbocycles. The predicted molar refractivity (Wildman–Crippen MR) is 84.1 cm³/mol. The smallest absolute Gasteiger partial charge is 0.149 e. The summed E-state index contributed by atoms with van der Waals surface area (Å²) >= 11 is 3.34. The van der Waals surface area contributed by atoms with Gasteiger partial charge in [0.2, 0.25) is 0 Å². The third kappa shape index (κ3) is 2.39. The lowest BCUT2D eigenvalue weighted by atomic mass is 9.97. The number of nitrogens with one attached hydrogen (secondary N) is 1. The molecule has 1 aliphatic rings. The summed E-state index contributed by atoms with van der Waals surface area (Å²) in [6, 6.07) is 9.99. The van der Waals surface area contributed by atoms with Crippen molar-refractivity contribution in [3.8, 4) is 0 Å². The van der Waals surface area contributed by atoms with E-state index < -0.39 is 5.66 Å². The van der Waals surface area contributed by atoms with E-state index >= 15 is 0 Å². The van der Waals surface area contributed by atoms with Gasteiger partial charge in [-0.25, -0.2) is 4.99 Å². The van der Waals surface area contributed by atoms with Crippen LogP contribution in [-0.2, 0) is 6.42 Å². The first-order chi connectivity index (χ1) is 9.57. The van der Waals surface area contributed by atoms with Crippen molar-refractivity contribution in [2.24, 2.45) is 16.5 Å². The number of rotatable bonds is 2. The number of hydrogen-bond donors (Lipinski definition) is 3. The van der Waals surface area contributed by atoms with Crippen LogP contribution < -0.4 is 16.8 Å². The highest BCUT2D eigenvalue weighted by Crippen LogP contribution is 2.20. The summed E-state index contributed by atoms with van der Waals surface area (Å²) in [6.45, 7) is 0. The van der Waals surface area contributed by atoms with Gasteiger partial charge in [-0.1, -0.05) is 12.1 Å². The van der Waals surface area contributed by atoms with E-state index in [9.17, 15) is 0 Å². The van der Waals surface area contributed by atoms with Crippen LogP contribution in [0.4, 0.5) is 0 Å². The number of aliphatic imine (C=N–C) groups is 1. The Labute approximate surface area is 124 Å². The number of benzene rings is 1. The summed E-state index contributed by atoms with van der Waals surface area (Å²) in [7, 11) is 0. The van der Waals surface area contributed by atoms with Gasteiger partial charge in [-0.3, -0.25) is 4.98 Å². The molecule has 2 aromatic rings. The minimum atomic E-state index is -0.885.